The Bertz CT molecular complexity index is 1400. The van der Waals surface area contributed by atoms with E-state index in [2.05, 4.69) is 26.8 Å². The van der Waals surface area contributed by atoms with Crippen molar-refractivity contribution < 1.29 is 9.59 Å². The Hall–Kier alpha value is -3.71. The van der Waals surface area contributed by atoms with Crippen LogP contribution in [0.5, 0.6) is 0 Å². The first-order valence-corrected chi connectivity index (χ1v) is 13.5. The Morgan fingerprint density at radius 3 is 2.57 bits per heavy atom. The van der Waals surface area contributed by atoms with Crippen LogP contribution in [-0.4, -0.2) is 39.6 Å². The minimum atomic E-state index is 0.0486. The largest absolute Gasteiger partial charge is 0.339 e. The number of rotatable bonds is 7. The van der Waals surface area contributed by atoms with Crippen molar-refractivity contribution in [1.82, 2.24) is 14.9 Å². The highest BCUT2D eigenvalue weighted by Crippen LogP contribution is 2.28. The fourth-order valence-electron chi connectivity index (χ4n) is 4.86. The van der Waals surface area contributed by atoms with Crippen molar-refractivity contribution in [3.63, 3.8) is 0 Å². The zero-order chi connectivity index (χ0) is 25.6. The van der Waals surface area contributed by atoms with Crippen molar-refractivity contribution >= 4 is 40.2 Å². The van der Waals surface area contributed by atoms with E-state index < -0.39 is 0 Å². The number of benzene rings is 2. The first-order valence-electron chi connectivity index (χ1n) is 12.7. The third kappa shape index (κ3) is 6.00. The molecule has 0 saturated carbocycles. The zero-order valence-electron chi connectivity index (χ0n) is 20.9. The topological polar surface area (TPSA) is 75.2 Å². The average Bonchev–Trinajstić information content (AvgIpc) is 3.17. The number of carbonyl (C=O) groups is 2. The van der Waals surface area contributed by atoms with E-state index in [9.17, 15) is 9.59 Å². The number of hydrogen-bond acceptors (Lipinski definition) is 6. The Morgan fingerprint density at radius 2 is 1.73 bits per heavy atom. The van der Waals surface area contributed by atoms with Gasteiger partial charge in [-0.05, 0) is 92.6 Å². The molecule has 37 heavy (non-hydrogen) atoms. The molecule has 188 valence electrons. The van der Waals surface area contributed by atoms with E-state index in [-0.39, 0.29) is 17.6 Å². The normalized spacial score (nSPS) is 15.8. The van der Waals surface area contributed by atoms with E-state index in [1.54, 1.807) is 12.4 Å². The van der Waals surface area contributed by atoms with Gasteiger partial charge in [0.2, 0.25) is 0 Å². The molecule has 1 aliphatic heterocycles. The maximum atomic E-state index is 13.2. The van der Waals surface area contributed by atoms with E-state index in [1.165, 1.54) is 11.9 Å². The second kappa shape index (κ2) is 11.6. The number of anilines is 1. The van der Waals surface area contributed by atoms with Gasteiger partial charge in [-0.3, -0.25) is 19.6 Å². The summed E-state index contributed by atoms with van der Waals surface area (Å²) in [6.07, 6.45) is 6.73. The summed E-state index contributed by atoms with van der Waals surface area (Å²) in [4.78, 5) is 37.7. The lowest BCUT2D eigenvalue weighted by Crippen LogP contribution is -2.32. The summed E-state index contributed by atoms with van der Waals surface area (Å²) in [7, 11) is 0. The van der Waals surface area contributed by atoms with Gasteiger partial charge in [0.1, 0.15) is 0 Å². The molecule has 0 bridgehead atoms. The summed E-state index contributed by atoms with van der Waals surface area (Å²) in [5.41, 5.74) is 4.06. The summed E-state index contributed by atoms with van der Waals surface area (Å²) in [5.74, 6) is 0.486. The maximum Gasteiger partial charge on any atom is 0.253 e. The summed E-state index contributed by atoms with van der Waals surface area (Å²) < 4.78 is 3.37. The molecule has 3 heterocycles. The third-order valence-electron chi connectivity index (χ3n) is 6.92. The number of para-hydroxylation sites is 1. The second-order valence-electron chi connectivity index (χ2n) is 9.47. The van der Waals surface area contributed by atoms with Crippen molar-refractivity contribution in [2.24, 2.45) is 5.92 Å². The predicted octanol–water partition coefficient (Wildman–Crippen LogP) is 6.57. The molecular formula is C30H30N4O2S. The zero-order valence-corrected chi connectivity index (χ0v) is 21.7. The Balaban J connectivity index is 1.16. The molecule has 1 amide bonds. The number of fused-ring (bicyclic) bond motifs is 1. The molecule has 1 saturated heterocycles. The summed E-state index contributed by atoms with van der Waals surface area (Å²) in [6, 6.07) is 21.4. The average molecular weight is 511 g/mol. The number of pyridine rings is 2. The van der Waals surface area contributed by atoms with Crippen LogP contribution < -0.4 is 4.72 Å². The number of ketones is 1. The minimum Gasteiger partial charge on any atom is -0.339 e. The smallest absolute Gasteiger partial charge is 0.253 e. The molecule has 1 aliphatic rings. The number of amides is 1. The van der Waals surface area contributed by atoms with Crippen LogP contribution in [0.15, 0.2) is 84.0 Å². The molecule has 0 aliphatic carbocycles. The van der Waals surface area contributed by atoms with Crippen LogP contribution in [0.25, 0.3) is 10.9 Å². The molecule has 4 aromatic rings. The molecule has 0 radical (unpaired) electrons. The van der Waals surface area contributed by atoms with Crippen LogP contribution in [0.3, 0.4) is 0 Å². The molecule has 1 atom stereocenters. The molecule has 2 aromatic heterocycles. The van der Waals surface area contributed by atoms with E-state index >= 15 is 0 Å². The van der Waals surface area contributed by atoms with Crippen molar-refractivity contribution in [3.05, 3.63) is 95.9 Å². The highest BCUT2D eigenvalue weighted by molar-refractivity contribution is 8.00. The minimum absolute atomic E-state index is 0.0486. The fraction of sp³-hybridized carbons (Fsp3) is 0.267. The van der Waals surface area contributed by atoms with Crippen molar-refractivity contribution in [2.75, 3.05) is 17.8 Å². The van der Waals surface area contributed by atoms with E-state index in [4.69, 9.17) is 0 Å². The lowest BCUT2D eigenvalue weighted by Gasteiger charge is -2.21. The van der Waals surface area contributed by atoms with Gasteiger partial charge in [0.05, 0.1) is 10.4 Å². The number of likely N-dealkylation sites (tertiary alicyclic amines) is 1. The Labute approximate surface area is 221 Å². The van der Waals surface area contributed by atoms with Crippen molar-refractivity contribution in [3.8, 4) is 0 Å². The lowest BCUT2D eigenvalue weighted by atomic mass is 9.92. The van der Waals surface area contributed by atoms with Gasteiger partial charge in [0.15, 0.2) is 5.78 Å². The van der Waals surface area contributed by atoms with E-state index in [0.717, 1.165) is 53.0 Å². The second-order valence-corrected chi connectivity index (χ2v) is 10.3. The number of nitrogens with zero attached hydrogens (tertiary/aromatic N) is 3. The van der Waals surface area contributed by atoms with Gasteiger partial charge in [-0.2, -0.15) is 0 Å². The van der Waals surface area contributed by atoms with E-state index in [1.807, 2.05) is 66.4 Å². The first-order chi connectivity index (χ1) is 18.1. The number of hydrogen-bond donors (Lipinski definition) is 1. The van der Waals surface area contributed by atoms with Crippen LogP contribution in [-0.2, 0) is 0 Å². The van der Waals surface area contributed by atoms with Gasteiger partial charge in [-0.15, -0.1) is 0 Å². The summed E-state index contributed by atoms with van der Waals surface area (Å²) in [6.45, 7) is 3.27. The first kappa shape index (κ1) is 25.0. The van der Waals surface area contributed by atoms with E-state index in [0.29, 0.717) is 24.1 Å². The predicted molar refractivity (Wildman–Crippen MR) is 149 cm³/mol. The van der Waals surface area contributed by atoms with Crippen LogP contribution in [0, 0.1) is 12.8 Å². The quantitative estimate of drug-likeness (QED) is 0.224. The molecule has 5 rings (SSSR count). The summed E-state index contributed by atoms with van der Waals surface area (Å²) in [5, 5.41) is 1.10. The fourth-order valence-corrected chi connectivity index (χ4v) is 5.64. The van der Waals surface area contributed by atoms with Crippen molar-refractivity contribution in [1.29, 1.82) is 0 Å². The molecule has 1 unspecified atom stereocenters. The van der Waals surface area contributed by atoms with Crippen LogP contribution in [0.2, 0.25) is 0 Å². The standard InChI is InChI=1S/C30H30N4O2S/c1-21-26(9-4-16-31-21)27(35)20-22-6-5-18-34(19-15-22)30(36)24-11-13-25(14-12-24)33-37-28-10-2-7-23-8-3-17-32-29(23)28/h2-4,7-14,16-17,22,33H,5-6,15,18-20H2,1H3. The lowest BCUT2D eigenvalue weighted by molar-refractivity contribution is 0.0760. The van der Waals surface area contributed by atoms with Gasteiger partial charge >= 0.3 is 0 Å². The van der Waals surface area contributed by atoms with Crippen LogP contribution in [0.1, 0.15) is 52.1 Å². The molecule has 7 heteroatoms. The van der Waals surface area contributed by atoms with Crippen LogP contribution in [0.4, 0.5) is 5.69 Å². The maximum absolute atomic E-state index is 13.2. The Kier molecular flexibility index (Phi) is 7.80. The SMILES string of the molecule is Cc1ncccc1C(=O)CC1CCCN(C(=O)c2ccc(NSc3cccc4cccnc34)cc2)CC1. The van der Waals surface area contributed by atoms with Gasteiger partial charge in [0.25, 0.3) is 5.91 Å². The van der Waals surface area contributed by atoms with Gasteiger partial charge < -0.3 is 9.62 Å². The number of nitrogens with one attached hydrogen (secondary N) is 1. The Morgan fingerprint density at radius 1 is 0.946 bits per heavy atom. The van der Waals surface area contributed by atoms with Gasteiger partial charge in [0, 0.05) is 59.8 Å². The number of carbonyl (C=O) groups excluding carboxylic acids is 2. The number of aromatic nitrogens is 2. The molecular weight excluding hydrogens is 480 g/mol. The molecule has 1 N–H and O–H groups in total. The molecule has 6 nitrogen and oxygen atoms in total. The van der Waals surface area contributed by atoms with Crippen LogP contribution >= 0.6 is 11.9 Å². The highest BCUT2D eigenvalue weighted by atomic mass is 32.2. The molecule has 0 spiro atoms. The summed E-state index contributed by atoms with van der Waals surface area (Å²) >= 11 is 1.51. The third-order valence-corrected chi connectivity index (χ3v) is 7.81. The highest BCUT2D eigenvalue weighted by Gasteiger charge is 2.24. The monoisotopic (exact) mass is 510 g/mol. The van der Waals surface area contributed by atoms with Gasteiger partial charge in [-0.1, -0.05) is 18.2 Å². The van der Waals surface area contributed by atoms with Gasteiger partial charge in [-0.25, -0.2) is 0 Å². The molecule has 1 fully saturated rings. The van der Waals surface area contributed by atoms with Crippen molar-refractivity contribution in [2.45, 2.75) is 37.5 Å². The number of aryl methyl sites for hydroxylation is 1. The number of Topliss-reactive ketones (excluding diaryl/α,β-unsaturated/α-hetero) is 1. The molecule has 2 aromatic carbocycles.